The first kappa shape index (κ1) is 21.7. The van der Waals surface area contributed by atoms with Crippen LogP contribution < -0.4 is 20.4 Å². The van der Waals surface area contributed by atoms with Crippen LogP contribution in [0.25, 0.3) is 0 Å². The standard InChI is InChI=1S/C18H23FN6O4S/c1-12(30)21-9-14-10-24(18(28)29-14)13-2-3-16(15(19)8-13)23-5-6-25(22-11-23)17(27)20-4-7-26/h2-3,8,11,14,26H,4-7,9-10H2,1H3,(H,20,27)(H,21,30)/t14-/m0/s1. The van der Waals surface area contributed by atoms with Crippen LogP contribution in [0.5, 0.6) is 0 Å². The minimum Gasteiger partial charge on any atom is -0.442 e. The molecule has 2 aliphatic rings. The Kier molecular flexibility index (Phi) is 7.00. The second-order valence-corrected chi connectivity index (χ2v) is 7.30. The van der Waals surface area contributed by atoms with E-state index in [1.54, 1.807) is 24.0 Å². The molecule has 1 aromatic rings. The van der Waals surface area contributed by atoms with Gasteiger partial charge in [0.05, 0.1) is 42.6 Å². The minimum absolute atomic E-state index is 0.131. The molecule has 10 nitrogen and oxygen atoms in total. The molecule has 0 saturated carbocycles. The lowest BCUT2D eigenvalue weighted by Crippen LogP contribution is -2.45. The summed E-state index contributed by atoms with van der Waals surface area (Å²) in [5.41, 5.74) is 0.668. The van der Waals surface area contributed by atoms with Crippen molar-refractivity contribution in [3.8, 4) is 0 Å². The van der Waals surface area contributed by atoms with Crippen LogP contribution in [0.15, 0.2) is 23.3 Å². The highest BCUT2D eigenvalue weighted by atomic mass is 32.1. The van der Waals surface area contributed by atoms with Gasteiger partial charge in [0.25, 0.3) is 0 Å². The molecule has 3 amide bonds. The molecular weight excluding hydrogens is 415 g/mol. The molecule has 0 spiro atoms. The van der Waals surface area contributed by atoms with E-state index >= 15 is 0 Å². The molecule has 1 fully saturated rings. The molecule has 162 valence electrons. The third kappa shape index (κ3) is 5.13. The molecule has 1 atom stereocenters. The molecule has 30 heavy (non-hydrogen) atoms. The predicted molar refractivity (Wildman–Crippen MR) is 113 cm³/mol. The van der Waals surface area contributed by atoms with Crippen molar-refractivity contribution in [3.63, 3.8) is 0 Å². The minimum atomic E-state index is -0.542. The van der Waals surface area contributed by atoms with E-state index in [0.717, 1.165) is 0 Å². The maximum absolute atomic E-state index is 14.8. The monoisotopic (exact) mass is 438 g/mol. The van der Waals surface area contributed by atoms with Crippen molar-refractivity contribution in [2.24, 2.45) is 5.10 Å². The van der Waals surface area contributed by atoms with Crippen LogP contribution in [0, 0.1) is 5.82 Å². The van der Waals surface area contributed by atoms with E-state index in [1.807, 2.05) is 0 Å². The Hall–Kier alpha value is -2.99. The van der Waals surface area contributed by atoms with Gasteiger partial charge in [-0.25, -0.2) is 19.0 Å². The van der Waals surface area contributed by atoms with Gasteiger partial charge < -0.3 is 25.4 Å². The smallest absolute Gasteiger partial charge is 0.414 e. The van der Waals surface area contributed by atoms with E-state index in [2.05, 4.69) is 15.7 Å². The molecule has 0 unspecified atom stereocenters. The molecule has 3 N–H and O–H groups in total. The molecule has 0 radical (unpaired) electrons. The fourth-order valence-electron chi connectivity index (χ4n) is 3.03. The highest BCUT2D eigenvalue weighted by Crippen LogP contribution is 2.28. The maximum Gasteiger partial charge on any atom is 0.414 e. The molecule has 3 rings (SSSR count). The zero-order valence-electron chi connectivity index (χ0n) is 16.4. The van der Waals surface area contributed by atoms with Gasteiger partial charge in [-0.3, -0.25) is 4.90 Å². The van der Waals surface area contributed by atoms with E-state index in [9.17, 15) is 14.0 Å². The topological polar surface area (TPSA) is 110 Å². The molecule has 0 bridgehead atoms. The number of carbonyl (C=O) groups excluding carboxylic acids is 2. The summed E-state index contributed by atoms with van der Waals surface area (Å²) in [7, 11) is 0. The number of benzene rings is 1. The number of hydrogen-bond acceptors (Lipinski definition) is 7. The normalized spacial score (nSPS) is 18.4. The molecule has 2 heterocycles. The Morgan fingerprint density at radius 3 is 2.83 bits per heavy atom. The number of aliphatic hydroxyl groups is 1. The summed E-state index contributed by atoms with van der Waals surface area (Å²) < 4.78 is 20.0. The number of nitrogens with zero attached hydrogens (tertiary/aromatic N) is 4. The van der Waals surface area contributed by atoms with Crippen LogP contribution >= 0.6 is 12.2 Å². The molecular formula is C18H23FN6O4S. The predicted octanol–water partition coefficient (Wildman–Crippen LogP) is 0.855. The number of anilines is 2. The summed E-state index contributed by atoms with van der Waals surface area (Å²) in [5, 5.41) is 19.4. The summed E-state index contributed by atoms with van der Waals surface area (Å²) in [6.45, 7) is 2.97. The number of hydrazone groups is 1. The first-order valence-electron chi connectivity index (χ1n) is 9.38. The van der Waals surface area contributed by atoms with Gasteiger partial charge in [-0.2, -0.15) is 5.10 Å². The van der Waals surface area contributed by atoms with Crippen molar-refractivity contribution in [1.29, 1.82) is 0 Å². The van der Waals surface area contributed by atoms with Gasteiger partial charge in [0.1, 0.15) is 18.3 Å². The van der Waals surface area contributed by atoms with Crippen molar-refractivity contribution >= 4 is 47.0 Å². The summed E-state index contributed by atoms with van der Waals surface area (Å²) in [5.74, 6) is -0.527. The Morgan fingerprint density at radius 1 is 1.40 bits per heavy atom. The number of aliphatic hydroxyl groups excluding tert-OH is 1. The van der Waals surface area contributed by atoms with Crippen LogP contribution in [0.2, 0.25) is 0 Å². The number of urea groups is 1. The molecule has 1 saturated heterocycles. The average molecular weight is 438 g/mol. The number of halogens is 1. The van der Waals surface area contributed by atoms with Gasteiger partial charge in [-0.05, 0) is 25.1 Å². The van der Waals surface area contributed by atoms with Crippen LogP contribution in [0.4, 0.5) is 25.4 Å². The van der Waals surface area contributed by atoms with E-state index in [4.69, 9.17) is 22.1 Å². The number of rotatable bonds is 6. The summed E-state index contributed by atoms with van der Waals surface area (Å²) in [6, 6.07) is 4.02. The van der Waals surface area contributed by atoms with E-state index in [1.165, 1.54) is 22.3 Å². The number of carbonyl (C=O) groups is 2. The number of hydrogen-bond donors (Lipinski definition) is 3. The molecule has 0 aromatic heterocycles. The van der Waals surface area contributed by atoms with Crippen molar-refractivity contribution in [3.05, 3.63) is 24.0 Å². The van der Waals surface area contributed by atoms with E-state index in [-0.39, 0.29) is 38.0 Å². The third-order valence-corrected chi connectivity index (χ3v) is 4.66. The van der Waals surface area contributed by atoms with Gasteiger partial charge in [-0.15, -0.1) is 0 Å². The second kappa shape index (κ2) is 9.67. The molecule has 1 aromatic carbocycles. The molecule has 0 aliphatic carbocycles. The van der Waals surface area contributed by atoms with Crippen LogP contribution in [-0.4, -0.2) is 79.0 Å². The van der Waals surface area contributed by atoms with E-state index < -0.39 is 17.9 Å². The van der Waals surface area contributed by atoms with Crippen molar-refractivity contribution in [1.82, 2.24) is 15.6 Å². The SMILES string of the molecule is CC(=S)NC[C@H]1CN(c2ccc(N3C=NN(C(=O)NCCO)CC3)c(F)c2)C(=O)O1. The zero-order chi connectivity index (χ0) is 21.7. The highest BCUT2D eigenvalue weighted by Gasteiger charge is 2.33. The lowest BCUT2D eigenvalue weighted by Gasteiger charge is -2.29. The quantitative estimate of drug-likeness (QED) is 0.565. The Balaban J connectivity index is 1.64. The third-order valence-electron chi connectivity index (χ3n) is 4.51. The maximum atomic E-state index is 14.8. The largest absolute Gasteiger partial charge is 0.442 e. The van der Waals surface area contributed by atoms with Crippen LogP contribution in [0.3, 0.4) is 0 Å². The van der Waals surface area contributed by atoms with Crippen LogP contribution in [0.1, 0.15) is 6.92 Å². The van der Waals surface area contributed by atoms with Gasteiger partial charge in [0, 0.05) is 13.1 Å². The Bertz CT molecular complexity index is 854. The average Bonchev–Trinajstić information content (AvgIpc) is 3.11. The number of thiocarbonyl (C=S) groups is 1. The lowest BCUT2D eigenvalue weighted by molar-refractivity contribution is 0.143. The van der Waals surface area contributed by atoms with Gasteiger partial charge in [-0.1, -0.05) is 12.2 Å². The number of ether oxygens (including phenoxy) is 1. The summed E-state index contributed by atoms with van der Waals surface area (Å²) in [4.78, 5) is 27.5. The Morgan fingerprint density at radius 2 is 2.20 bits per heavy atom. The molecule has 12 heteroatoms. The van der Waals surface area contributed by atoms with Crippen LogP contribution in [-0.2, 0) is 4.74 Å². The number of amides is 3. The first-order valence-corrected chi connectivity index (χ1v) is 9.79. The van der Waals surface area contributed by atoms with E-state index in [0.29, 0.717) is 23.8 Å². The Labute approximate surface area is 178 Å². The number of cyclic esters (lactones) is 1. The molecule has 2 aliphatic heterocycles. The first-order chi connectivity index (χ1) is 14.4. The highest BCUT2D eigenvalue weighted by molar-refractivity contribution is 7.80. The van der Waals surface area contributed by atoms with Crippen molar-refractivity contribution < 1.29 is 23.8 Å². The van der Waals surface area contributed by atoms with Gasteiger partial charge in [0.15, 0.2) is 0 Å². The summed E-state index contributed by atoms with van der Waals surface area (Å²) >= 11 is 4.95. The van der Waals surface area contributed by atoms with Crippen molar-refractivity contribution in [2.45, 2.75) is 13.0 Å². The van der Waals surface area contributed by atoms with Crippen molar-refractivity contribution in [2.75, 3.05) is 49.1 Å². The zero-order valence-corrected chi connectivity index (χ0v) is 17.2. The second-order valence-electron chi connectivity index (χ2n) is 6.69. The lowest BCUT2D eigenvalue weighted by atomic mass is 10.2. The fourth-order valence-corrected chi connectivity index (χ4v) is 3.11. The fraction of sp³-hybridized carbons (Fsp3) is 0.444. The van der Waals surface area contributed by atoms with Gasteiger partial charge >= 0.3 is 12.1 Å². The van der Waals surface area contributed by atoms with Gasteiger partial charge in [0.2, 0.25) is 0 Å². The summed E-state index contributed by atoms with van der Waals surface area (Å²) in [6.07, 6.45) is 0.440. The number of nitrogens with one attached hydrogen (secondary N) is 2.